The summed E-state index contributed by atoms with van der Waals surface area (Å²) in [5.74, 6) is 0. The molecule has 0 spiro atoms. The van der Waals surface area contributed by atoms with Gasteiger partial charge in [-0.2, -0.15) is 0 Å². The predicted molar refractivity (Wildman–Crippen MR) is 105 cm³/mol. The standard InChI is InChI=1S/C19H20N2O2S2/c1-15-8-13-19(24-15)25(22,23)20-17-9-11-18(12-10-17)21(2)14-16-6-4-3-5-7-16/h3-13,20H,14H2,1-2H3. The van der Waals surface area contributed by atoms with Gasteiger partial charge in [-0.25, -0.2) is 8.42 Å². The molecule has 0 unspecified atom stereocenters. The van der Waals surface area contributed by atoms with Gasteiger partial charge in [-0.05, 0) is 48.9 Å². The lowest BCUT2D eigenvalue weighted by Gasteiger charge is -2.20. The van der Waals surface area contributed by atoms with Crippen molar-refractivity contribution < 1.29 is 8.42 Å². The molecule has 0 atom stereocenters. The second kappa shape index (κ2) is 7.29. The molecule has 0 aliphatic heterocycles. The molecule has 0 saturated carbocycles. The monoisotopic (exact) mass is 372 g/mol. The highest BCUT2D eigenvalue weighted by atomic mass is 32.2. The number of sulfonamides is 1. The molecule has 25 heavy (non-hydrogen) atoms. The Labute approximate surface area is 152 Å². The van der Waals surface area contributed by atoms with Crippen molar-refractivity contribution in [3.63, 3.8) is 0 Å². The Balaban J connectivity index is 1.70. The van der Waals surface area contributed by atoms with E-state index in [1.807, 2.05) is 44.3 Å². The zero-order valence-electron chi connectivity index (χ0n) is 14.1. The summed E-state index contributed by atoms with van der Waals surface area (Å²) in [7, 11) is -1.50. The normalized spacial score (nSPS) is 11.3. The number of aryl methyl sites for hydroxylation is 1. The molecule has 0 aliphatic rings. The van der Waals surface area contributed by atoms with Gasteiger partial charge in [-0.3, -0.25) is 4.72 Å². The first kappa shape index (κ1) is 17.5. The Kier molecular flexibility index (Phi) is 5.11. The molecule has 1 N–H and O–H groups in total. The molecule has 1 heterocycles. The number of anilines is 2. The molecular formula is C19H20N2O2S2. The van der Waals surface area contributed by atoms with Crippen LogP contribution in [0.25, 0.3) is 0 Å². The Bertz CT molecular complexity index is 933. The molecule has 3 rings (SSSR count). The molecule has 2 aromatic carbocycles. The minimum absolute atomic E-state index is 0.329. The SMILES string of the molecule is Cc1ccc(S(=O)(=O)Nc2ccc(N(C)Cc3ccccc3)cc2)s1. The molecule has 0 radical (unpaired) electrons. The van der Waals surface area contributed by atoms with Crippen molar-refractivity contribution in [1.82, 2.24) is 0 Å². The number of thiophene rings is 1. The molecule has 4 nitrogen and oxygen atoms in total. The number of hydrogen-bond donors (Lipinski definition) is 1. The van der Waals surface area contributed by atoms with Gasteiger partial charge in [-0.15, -0.1) is 11.3 Å². The third kappa shape index (κ3) is 4.41. The highest BCUT2D eigenvalue weighted by Crippen LogP contribution is 2.25. The number of nitrogens with zero attached hydrogens (tertiary/aromatic N) is 1. The van der Waals surface area contributed by atoms with E-state index in [-0.39, 0.29) is 0 Å². The lowest BCUT2D eigenvalue weighted by Crippen LogP contribution is -2.16. The lowest BCUT2D eigenvalue weighted by molar-refractivity contribution is 0.603. The van der Waals surface area contributed by atoms with Gasteiger partial charge in [0.25, 0.3) is 10.0 Å². The van der Waals surface area contributed by atoms with E-state index in [0.29, 0.717) is 9.90 Å². The first-order valence-corrected chi connectivity index (χ1v) is 10.2. The molecule has 6 heteroatoms. The summed E-state index contributed by atoms with van der Waals surface area (Å²) in [6.45, 7) is 2.68. The van der Waals surface area contributed by atoms with E-state index in [2.05, 4.69) is 21.8 Å². The summed E-state index contributed by atoms with van der Waals surface area (Å²) in [6.07, 6.45) is 0. The number of benzene rings is 2. The van der Waals surface area contributed by atoms with Crippen molar-refractivity contribution in [3.05, 3.63) is 77.2 Å². The van der Waals surface area contributed by atoms with Crippen molar-refractivity contribution in [3.8, 4) is 0 Å². The molecule has 130 valence electrons. The van der Waals surface area contributed by atoms with Crippen molar-refractivity contribution in [2.45, 2.75) is 17.7 Å². The maximum Gasteiger partial charge on any atom is 0.271 e. The van der Waals surface area contributed by atoms with Crippen molar-refractivity contribution in [2.24, 2.45) is 0 Å². The number of nitrogens with one attached hydrogen (secondary N) is 1. The molecule has 0 amide bonds. The zero-order chi connectivity index (χ0) is 17.9. The van der Waals surface area contributed by atoms with Gasteiger partial charge in [0, 0.05) is 29.8 Å². The van der Waals surface area contributed by atoms with Crippen LogP contribution in [0.2, 0.25) is 0 Å². The van der Waals surface area contributed by atoms with Crippen LogP contribution in [0.5, 0.6) is 0 Å². The van der Waals surface area contributed by atoms with Crippen LogP contribution in [0, 0.1) is 6.92 Å². The Morgan fingerprint density at radius 3 is 2.24 bits per heavy atom. The van der Waals surface area contributed by atoms with Crippen LogP contribution in [0.1, 0.15) is 10.4 Å². The fraction of sp³-hybridized carbons (Fsp3) is 0.158. The summed E-state index contributed by atoms with van der Waals surface area (Å²) in [5.41, 5.74) is 2.81. The average Bonchev–Trinajstić information content (AvgIpc) is 3.03. The third-order valence-electron chi connectivity index (χ3n) is 3.80. The van der Waals surface area contributed by atoms with Gasteiger partial charge in [0.1, 0.15) is 4.21 Å². The molecule has 1 aromatic heterocycles. The van der Waals surface area contributed by atoms with Crippen LogP contribution in [0.4, 0.5) is 11.4 Å². The average molecular weight is 373 g/mol. The minimum atomic E-state index is -3.52. The van der Waals surface area contributed by atoms with Crippen LogP contribution in [-0.2, 0) is 16.6 Å². The Morgan fingerprint density at radius 2 is 1.64 bits per heavy atom. The Morgan fingerprint density at radius 1 is 0.960 bits per heavy atom. The van der Waals surface area contributed by atoms with Crippen LogP contribution in [0.15, 0.2) is 70.9 Å². The summed E-state index contributed by atoms with van der Waals surface area (Å²) in [4.78, 5) is 3.09. The van der Waals surface area contributed by atoms with Gasteiger partial charge >= 0.3 is 0 Å². The minimum Gasteiger partial charge on any atom is -0.370 e. The first-order valence-electron chi connectivity index (χ1n) is 7.88. The van der Waals surface area contributed by atoms with E-state index in [1.54, 1.807) is 24.3 Å². The third-order valence-corrected chi connectivity index (χ3v) is 6.68. The van der Waals surface area contributed by atoms with Gasteiger partial charge < -0.3 is 4.90 Å². The summed E-state index contributed by atoms with van der Waals surface area (Å²) in [6, 6.07) is 21.1. The van der Waals surface area contributed by atoms with Crippen LogP contribution >= 0.6 is 11.3 Å². The van der Waals surface area contributed by atoms with Crippen molar-refractivity contribution >= 4 is 32.7 Å². The predicted octanol–water partition coefficient (Wildman–Crippen LogP) is 4.49. The molecule has 0 aliphatic carbocycles. The summed E-state index contributed by atoms with van der Waals surface area (Å²) in [5, 5.41) is 0. The molecule has 3 aromatic rings. The smallest absolute Gasteiger partial charge is 0.271 e. The topological polar surface area (TPSA) is 49.4 Å². The van der Waals surface area contributed by atoms with Crippen LogP contribution < -0.4 is 9.62 Å². The van der Waals surface area contributed by atoms with Gasteiger partial charge in [-0.1, -0.05) is 30.3 Å². The quantitative estimate of drug-likeness (QED) is 0.693. The van der Waals surface area contributed by atoms with E-state index in [4.69, 9.17) is 0 Å². The second-order valence-corrected chi connectivity index (χ2v) is 9.06. The van der Waals surface area contributed by atoms with E-state index >= 15 is 0 Å². The fourth-order valence-corrected chi connectivity index (χ4v) is 4.84. The molecule has 0 saturated heterocycles. The first-order chi connectivity index (χ1) is 11.9. The zero-order valence-corrected chi connectivity index (χ0v) is 15.8. The highest BCUT2D eigenvalue weighted by molar-refractivity contribution is 7.94. The fourth-order valence-electron chi connectivity index (χ4n) is 2.49. The van der Waals surface area contributed by atoms with Crippen molar-refractivity contribution in [2.75, 3.05) is 16.7 Å². The van der Waals surface area contributed by atoms with Crippen LogP contribution in [-0.4, -0.2) is 15.5 Å². The van der Waals surface area contributed by atoms with Crippen molar-refractivity contribution in [1.29, 1.82) is 0 Å². The van der Waals surface area contributed by atoms with E-state index < -0.39 is 10.0 Å². The van der Waals surface area contributed by atoms with E-state index in [0.717, 1.165) is 17.1 Å². The van der Waals surface area contributed by atoms with E-state index in [1.165, 1.54) is 16.9 Å². The van der Waals surface area contributed by atoms with Gasteiger partial charge in [0.15, 0.2) is 0 Å². The maximum absolute atomic E-state index is 12.4. The lowest BCUT2D eigenvalue weighted by atomic mass is 10.2. The number of rotatable bonds is 6. The summed E-state index contributed by atoms with van der Waals surface area (Å²) < 4.78 is 27.7. The molecular weight excluding hydrogens is 352 g/mol. The molecule has 0 fully saturated rings. The van der Waals surface area contributed by atoms with Crippen LogP contribution in [0.3, 0.4) is 0 Å². The second-order valence-electron chi connectivity index (χ2n) is 5.86. The largest absolute Gasteiger partial charge is 0.370 e. The number of hydrogen-bond acceptors (Lipinski definition) is 4. The highest BCUT2D eigenvalue weighted by Gasteiger charge is 2.16. The van der Waals surface area contributed by atoms with Gasteiger partial charge in [0.05, 0.1) is 0 Å². The maximum atomic E-state index is 12.4. The van der Waals surface area contributed by atoms with E-state index in [9.17, 15) is 8.42 Å². The van der Waals surface area contributed by atoms with Gasteiger partial charge in [0.2, 0.25) is 0 Å². The Hall–Kier alpha value is -2.31. The summed E-state index contributed by atoms with van der Waals surface area (Å²) >= 11 is 1.26. The molecule has 0 bridgehead atoms.